The second-order valence-corrected chi connectivity index (χ2v) is 3.88. The molecular weight excluding hydrogens is 164 g/mol. The summed E-state index contributed by atoms with van der Waals surface area (Å²) in [5.74, 6) is 5.06. The molecule has 0 unspecified atom stereocenters. The molecule has 1 rings (SSSR count). The maximum absolute atomic E-state index is 5.06. The van der Waals surface area contributed by atoms with Crippen molar-refractivity contribution in [3.63, 3.8) is 0 Å². The average Bonchev–Trinajstić information content (AvgIpc) is 2.05. The molecule has 1 aromatic heterocycles. The lowest BCUT2D eigenvalue weighted by molar-refractivity contribution is 0.0963. The predicted octanol–water partition coefficient (Wildman–Crippen LogP) is 1.56. The lowest BCUT2D eigenvalue weighted by Crippen LogP contribution is -2.26. The van der Waals surface area contributed by atoms with Gasteiger partial charge in [-0.15, -0.1) is 0 Å². The molecule has 0 atom stereocenters. The van der Waals surface area contributed by atoms with E-state index in [1.807, 2.05) is 19.2 Å². The first-order valence-electron chi connectivity index (χ1n) is 4.31. The lowest BCUT2D eigenvalue weighted by atomic mass is 9.87. The number of nitrogens with zero attached hydrogens (tertiary/aromatic N) is 1. The van der Waals surface area contributed by atoms with E-state index in [-0.39, 0.29) is 5.41 Å². The summed E-state index contributed by atoms with van der Waals surface area (Å²) in [5.41, 5.74) is 2.09. The van der Waals surface area contributed by atoms with Crippen molar-refractivity contribution in [1.29, 1.82) is 0 Å². The Kier molecular flexibility index (Phi) is 3.01. The highest BCUT2D eigenvalue weighted by Gasteiger charge is 2.20. The predicted molar refractivity (Wildman–Crippen MR) is 52.1 cm³/mol. The van der Waals surface area contributed by atoms with E-state index in [9.17, 15) is 0 Å². The second kappa shape index (κ2) is 3.85. The van der Waals surface area contributed by atoms with E-state index in [1.165, 1.54) is 0 Å². The number of aryl methyl sites for hydroxylation is 1. The van der Waals surface area contributed by atoms with Crippen molar-refractivity contribution < 1.29 is 4.84 Å². The zero-order valence-corrected chi connectivity index (χ0v) is 8.37. The number of hydrogen-bond acceptors (Lipinski definition) is 3. The van der Waals surface area contributed by atoms with Gasteiger partial charge in [-0.1, -0.05) is 19.9 Å². The Bertz CT molecular complexity index is 267. The van der Waals surface area contributed by atoms with Crippen LogP contribution in [0, 0.1) is 6.92 Å². The van der Waals surface area contributed by atoms with Crippen LogP contribution in [-0.2, 0) is 10.3 Å². The highest BCUT2D eigenvalue weighted by molar-refractivity contribution is 5.21. The Labute approximate surface area is 78.9 Å². The molecule has 0 aliphatic rings. The highest BCUT2D eigenvalue weighted by atomic mass is 16.6. The molecule has 0 fully saturated rings. The maximum Gasteiger partial charge on any atom is 0.0771 e. The van der Waals surface area contributed by atoms with Crippen LogP contribution < -0.4 is 5.90 Å². The number of nitrogens with two attached hydrogens (primary N) is 1. The molecular formula is C10H16N2O. The zero-order valence-electron chi connectivity index (χ0n) is 8.37. The second-order valence-electron chi connectivity index (χ2n) is 3.88. The van der Waals surface area contributed by atoms with Crippen LogP contribution >= 0.6 is 0 Å². The summed E-state index contributed by atoms with van der Waals surface area (Å²) in [4.78, 5) is 8.89. The van der Waals surface area contributed by atoms with Crippen LogP contribution in [0.2, 0.25) is 0 Å². The van der Waals surface area contributed by atoms with E-state index < -0.39 is 0 Å². The first-order valence-corrected chi connectivity index (χ1v) is 4.31. The standard InChI is InChI=1S/C10H16N2O/c1-8-4-5-9(6-12-8)10(2,3)7-13-11/h4-6H,7,11H2,1-3H3. The largest absolute Gasteiger partial charge is 0.304 e. The van der Waals surface area contributed by atoms with E-state index in [4.69, 9.17) is 5.90 Å². The summed E-state index contributed by atoms with van der Waals surface area (Å²) >= 11 is 0. The zero-order chi connectivity index (χ0) is 9.90. The minimum Gasteiger partial charge on any atom is -0.304 e. The summed E-state index contributed by atoms with van der Waals surface area (Å²) in [5, 5.41) is 0. The Morgan fingerprint density at radius 3 is 2.62 bits per heavy atom. The van der Waals surface area contributed by atoms with E-state index in [1.54, 1.807) is 0 Å². The summed E-state index contributed by atoms with van der Waals surface area (Å²) in [6.07, 6.45) is 1.87. The number of hydrogen-bond donors (Lipinski definition) is 1. The molecule has 0 aromatic carbocycles. The molecule has 0 saturated heterocycles. The van der Waals surface area contributed by atoms with Crippen molar-refractivity contribution in [1.82, 2.24) is 4.98 Å². The van der Waals surface area contributed by atoms with Crippen LogP contribution in [0.15, 0.2) is 18.3 Å². The molecule has 3 heteroatoms. The number of rotatable bonds is 3. The molecule has 1 heterocycles. The van der Waals surface area contributed by atoms with Crippen LogP contribution in [0.25, 0.3) is 0 Å². The Balaban J connectivity index is 2.87. The van der Waals surface area contributed by atoms with Gasteiger partial charge in [-0.05, 0) is 18.6 Å². The van der Waals surface area contributed by atoms with Crippen molar-refractivity contribution in [2.75, 3.05) is 6.61 Å². The van der Waals surface area contributed by atoms with Crippen LogP contribution in [0.4, 0.5) is 0 Å². The third-order valence-electron chi connectivity index (χ3n) is 2.14. The van der Waals surface area contributed by atoms with Crippen molar-refractivity contribution in [2.24, 2.45) is 5.90 Å². The van der Waals surface area contributed by atoms with Crippen LogP contribution in [0.1, 0.15) is 25.1 Å². The van der Waals surface area contributed by atoms with Gasteiger partial charge in [0.15, 0.2) is 0 Å². The van der Waals surface area contributed by atoms with Gasteiger partial charge >= 0.3 is 0 Å². The van der Waals surface area contributed by atoms with Gasteiger partial charge in [0.1, 0.15) is 0 Å². The van der Waals surface area contributed by atoms with Crippen molar-refractivity contribution in [3.05, 3.63) is 29.6 Å². The number of pyridine rings is 1. The van der Waals surface area contributed by atoms with Gasteiger partial charge in [0, 0.05) is 17.3 Å². The summed E-state index contributed by atoms with van der Waals surface area (Å²) in [6, 6.07) is 4.05. The van der Waals surface area contributed by atoms with Gasteiger partial charge in [0.2, 0.25) is 0 Å². The van der Waals surface area contributed by atoms with Crippen LogP contribution in [0.3, 0.4) is 0 Å². The van der Waals surface area contributed by atoms with Gasteiger partial charge in [0.05, 0.1) is 6.61 Å². The molecule has 0 spiro atoms. The third kappa shape index (κ3) is 2.50. The first-order chi connectivity index (χ1) is 6.06. The Morgan fingerprint density at radius 1 is 1.46 bits per heavy atom. The Hall–Kier alpha value is -0.930. The number of aromatic nitrogens is 1. The first kappa shape index (κ1) is 10.2. The fourth-order valence-electron chi connectivity index (χ4n) is 1.16. The monoisotopic (exact) mass is 180 g/mol. The molecule has 0 aliphatic heterocycles. The molecule has 13 heavy (non-hydrogen) atoms. The quantitative estimate of drug-likeness (QED) is 0.718. The normalized spacial score (nSPS) is 11.7. The van der Waals surface area contributed by atoms with Gasteiger partial charge in [-0.2, -0.15) is 0 Å². The summed E-state index contributed by atoms with van der Waals surface area (Å²) in [6.45, 7) is 6.62. The van der Waals surface area contributed by atoms with E-state index >= 15 is 0 Å². The molecule has 1 aromatic rings. The molecule has 0 radical (unpaired) electrons. The van der Waals surface area contributed by atoms with Crippen molar-refractivity contribution in [2.45, 2.75) is 26.2 Å². The minimum absolute atomic E-state index is 0.0740. The molecule has 0 amide bonds. The fraction of sp³-hybridized carbons (Fsp3) is 0.500. The molecule has 3 nitrogen and oxygen atoms in total. The molecule has 0 bridgehead atoms. The third-order valence-corrected chi connectivity index (χ3v) is 2.14. The SMILES string of the molecule is Cc1ccc(C(C)(C)CON)cn1. The lowest BCUT2D eigenvalue weighted by Gasteiger charge is -2.23. The van der Waals surface area contributed by atoms with Gasteiger partial charge in [-0.25, -0.2) is 5.90 Å². The maximum atomic E-state index is 5.06. The van der Waals surface area contributed by atoms with Crippen LogP contribution in [-0.4, -0.2) is 11.6 Å². The van der Waals surface area contributed by atoms with E-state index in [0.717, 1.165) is 11.3 Å². The molecule has 2 N–H and O–H groups in total. The highest BCUT2D eigenvalue weighted by Crippen LogP contribution is 2.22. The van der Waals surface area contributed by atoms with Crippen LogP contribution in [0.5, 0.6) is 0 Å². The summed E-state index contributed by atoms with van der Waals surface area (Å²) in [7, 11) is 0. The van der Waals surface area contributed by atoms with E-state index in [0.29, 0.717) is 6.61 Å². The fourth-order valence-corrected chi connectivity index (χ4v) is 1.16. The molecule has 72 valence electrons. The van der Waals surface area contributed by atoms with Gasteiger partial charge in [0.25, 0.3) is 0 Å². The average molecular weight is 180 g/mol. The minimum atomic E-state index is -0.0740. The smallest absolute Gasteiger partial charge is 0.0771 e. The van der Waals surface area contributed by atoms with Gasteiger partial charge < -0.3 is 4.84 Å². The van der Waals surface area contributed by atoms with Crippen molar-refractivity contribution >= 4 is 0 Å². The molecule has 0 aliphatic carbocycles. The molecule has 0 saturated carbocycles. The van der Waals surface area contributed by atoms with E-state index in [2.05, 4.69) is 29.7 Å². The topological polar surface area (TPSA) is 48.1 Å². The Morgan fingerprint density at radius 2 is 2.15 bits per heavy atom. The van der Waals surface area contributed by atoms with Gasteiger partial charge in [-0.3, -0.25) is 4.98 Å². The van der Waals surface area contributed by atoms with Crippen molar-refractivity contribution in [3.8, 4) is 0 Å². The summed E-state index contributed by atoms with van der Waals surface area (Å²) < 4.78 is 0.